The summed E-state index contributed by atoms with van der Waals surface area (Å²) in [6, 6.07) is 5.70. The third-order valence-corrected chi connectivity index (χ3v) is 4.24. The molecule has 0 spiro atoms. The van der Waals surface area contributed by atoms with Gasteiger partial charge in [0.25, 0.3) is 5.69 Å². The van der Waals surface area contributed by atoms with E-state index in [9.17, 15) is 32.6 Å². The van der Waals surface area contributed by atoms with Gasteiger partial charge in [0.1, 0.15) is 29.0 Å². The highest BCUT2D eigenvalue weighted by Crippen LogP contribution is 2.44. The van der Waals surface area contributed by atoms with Gasteiger partial charge in [-0.1, -0.05) is 0 Å². The van der Waals surface area contributed by atoms with Crippen LogP contribution in [0.1, 0.15) is 22.8 Å². The average molecular weight is 464 g/mol. The Kier molecular flexibility index (Phi) is 7.26. The molecule has 2 aromatic rings. The van der Waals surface area contributed by atoms with E-state index in [2.05, 4.69) is 5.32 Å². The molecule has 0 heterocycles. The smallest absolute Gasteiger partial charge is 0.420 e. The zero-order valence-electron chi connectivity index (χ0n) is 15.8. The number of nitrogens with one attached hydrogen (secondary N) is 1. The largest absolute Gasteiger partial charge is 0.462 e. The summed E-state index contributed by atoms with van der Waals surface area (Å²) in [5.74, 6) is -1.63. The molecule has 2 rings (SSSR count). The first-order chi connectivity index (χ1) is 14.3. The maximum absolute atomic E-state index is 13.4. The highest BCUT2D eigenvalue weighted by Gasteiger charge is 2.38. The van der Waals surface area contributed by atoms with Crippen LogP contribution in [0.3, 0.4) is 0 Å². The molecular weight excluding hydrogens is 448 g/mol. The number of rotatable bonds is 8. The van der Waals surface area contributed by atoms with Gasteiger partial charge in [-0.3, -0.25) is 14.7 Å². The van der Waals surface area contributed by atoms with E-state index in [4.69, 9.17) is 19.3 Å². The third-order valence-electron chi connectivity index (χ3n) is 3.67. The maximum Gasteiger partial charge on any atom is 0.420 e. The number of esters is 1. The lowest BCUT2D eigenvalue weighted by Gasteiger charge is -2.16. The van der Waals surface area contributed by atoms with Gasteiger partial charge in [0.15, 0.2) is 0 Å². The Morgan fingerprint density at radius 3 is 2.32 bits per heavy atom. The number of nitro groups is 1. The van der Waals surface area contributed by atoms with Crippen molar-refractivity contribution in [3.05, 3.63) is 57.6 Å². The van der Waals surface area contributed by atoms with Gasteiger partial charge >= 0.3 is 19.7 Å². The second-order valence-corrected chi connectivity index (χ2v) is 7.61. The van der Waals surface area contributed by atoms with Crippen LogP contribution < -0.4 is 10.1 Å². The van der Waals surface area contributed by atoms with Crippen molar-refractivity contribution >= 4 is 24.9 Å². The lowest BCUT2D eigenvalue weighted by molar-refractivity contribution is -0.384. The molecule has 0 aliphatic carbocycles. The Labute approximate surface area is 172 Å². The predicted octanol–water partition coefficient (Wildman–Crippen LogP) is 4.13. The SMILES string of the molecule is CCOC(=O)c1ccc(Oc2cc(NCP(=O)(O)O)c([N+](=O)[O-])cc2C(F)(F)F)cc1. The first kappa shape index (κ1) is 24.1. The number of hydrogen-bond acceptors (Lipinski definition) is 7. The maximum atomic E-state index is 13.4. The summed E-state index contributed by atoms with van der Waals surface area (Å²) in [6.07, 6.45) is -6.08. The van der Waals surface area contributed by atoms with Crippen LogP contribution in [0.15, 0.2) is 36.4 Å². The number of benzene rings is 2. The molecule has 10 nitrogen and oxygen atoms in total. The van der Waals surface area contributed by atoms with E-state index >= 15 is 0 Å². The Morgan fingerprint density at radius 1 is 1.23 bits per heavy atom. The van der Waals surface area contributed by atoms with Crippen LogP contribution in [0.25, 0.3) is 0 Å². The van der Waals surface area contributed by atoms with Crippen molar-refractivity contribution in [3.63, 3.8) is 0 Å². The molecule has 0 aliphatic heterocycles. The Hall–Kier alpha value is -3.15. The van der Waals surface area contributed by atoms with E-state index in [1.165, 1.54) is 24.3 Å². The Bertz CT molecular complexity index is 1020. The van der Waals surface area contributed by atoms with Crippen molar-refractivity contribution in [1.82, 2.24) is 0 Å². The summed E-state index contributed by atoms with van der Waals surface area (Å²) in [4.78, 5) is 39.6. The molecule has 0 radical (unpaired) electrons. The number of alkyl halides is 3. The Balaban J connectivity index is 2.47. The third kappa shape index (κ3) is 6.67. The monoisotopic (exact) mass is 464 g/mol. The number of carbonyl (C=O) groups is 1. The summed E-state index contributed by atoms with van der Waals surface area (Å²) in [5.41, 5.74) is -2.99. The van der Waals surface area contributed by atoms with Crippen molar-refractivity contribution in [2.24, 2.45) is 0 Å². The van der Waals surface area contributed by atoms with Gasteiger partial charge in [0.05, 0.1) is 17.1 Å². The molecular formula is C17H16F3N2O8P. The van der Waals surface area contributed by atoms with Gasteiger partial charge in [-0.05, 0) is 31.2 Å². The fourth-order valence-electron chi connectivity index (χ4n) is 2.36. The number of halogens is 3. The minimum absolute atomic E-state index is 0.123. The topological polar surface area (TPSA) is 148 Å². The molecule has 0 aromatic heterocycles. The second-order valence-electron chi connectivity index (χ2n) is 5.97. The van der Waals surface area contributed by atoms with Crippen LogP contribution in [0.4, 0.5) is 24.5 Å². The molecule has 0 aliphatic rings. The van der Waals surface area contributed by atoms with Crippen LogP contribution in [0, 0.1) is 10.1 Å². The molecule has 0 amide bonds. The highest BCUT2D eigenvalue weighted by molar-refractivity contribution is 7.51. The zero-order valence-corrected chi connectivity index (χ0v) is 16.6. The van der Waals surface area contributed by atoms with Crippen molar-refractivity contribution in [1.29, 1.82) is 0 Å². The molecule has 168 valence electrons. The number of ether oxygens (including phenoxy) is 2. The normalized spacial score (nSPS) is 11.7. The van der Waals surface area contributed by atoms with Crippen molar-refractivity contribution in [2.75, 3.05) is 18.2 Å². The van der Waals surface area contributed by atoms with Gasteiger partial charge in [0, 0.05) is 12.1 Å². The first-order valence-electron chi connectivity index (χ1n) is 8.45. The van der Waals surface area contributed by atoms with Crippen molar-refractivity contribution in [2.45, 2.75) is 13.1 Å². The van der Waals surface area contributed by atoms with E-state index in [-0.39, 0.29) is 24.0 Å². The van der Waals surface area contributed by atoms with Crippen LogP contribution in [-0.2, 0) is 15.5 Å². The first-order valence-corrected chi connectivity index (χ1v) is 10.2. The summed E-state index contributed by atoms with van der Waals surface area (Å²) in [6.45, 7) is 1.72. The molecule has 31 heavy (non-hydrogen) atoms. The quantitative estimate of drug-likeness (QED) is 0.227. The number of anilines is 1. The minimum Gasteiger partial charge on any atom is -0.462 e. The fourth-order valence-corrected chi connectivity index (χ4v) is 2.73. The van der Waals surface area contributed by atoms with Crippen LogP contribution in [0.2, 0.25) is 0 Å². The van der Waals surface area contributed by atoms with Gasteiger partial charge in [-0.2, -0.15) is 13.2 Å². The van der Waals surface area contributed by atoms with E-state index in [1.807, 2.05) is 0 Å². The lowest BCUT2D eigenvalue weighted by Crippen LogP contribution is -2.11. The molecule has 14 heteroatoms. The highest BCUT2D eigenvalue weighted by atomic mass is 31.2. The standard InChI is InChI=1S/C17H16F3N2O8P/c1-2-29-16(23)10-3-5-11(6-4-10)30-15-8-13(21-9-31(26,27)28)14(22(24)25)7-12(15)17(18,19)20/h3-8,21H,2,9H2,1H3,(H2,26,27,28). The van der Waals surface area contributed by atoms with Crippen LogP contribution in [0.5, 0.6) is 11.5 Å². The summed E-state index contributed by atoms with van der Waals surface area (Å²) in [7, 11) is -4.67. The molecule has 0 saturated heterocycles. The number of nitro benzene ring substituents is 1. The van der Waals surface area contributed by atoms with Gasteiger partial charge in [-0.15, -0.1) is 0 Å². The Morgan fingerprint density at radius 2 is 1.84 bits per heavy atom. The number of hydrogen-bond donors (Lipinski definition) is 3. The van der Waals surface area contributed by atoms with Crippen LogP contribution in [-0.4, -0.2) is 33.6 Å². The summed E-state index contributed by atoms with van der Waals surface area (Å²) < 4.78 is 61.4. The van der Waals surface area contributed by atoms with Crippen molar-refractivity contribution in [3.8, 4) is 11.5 Å². The van der Waals surface area contributed by atoms with Crippen LogP contribution >= 0.6 is 7.60 Å². The van der Waals surface area contributed by atoms with E-state index in [0.29, 0.717) is 6.07 Å². The summed E-state index contributed by atoms with van der Waals surface area (Å²) >= 11 is 0. The van der Waals surface area contributed by atoms with E-state index in [0.717, 1.165) is 0 Å². The molecule has 0 unspecified atom stereocenters. The lowest BCUT2D eigenvalue weighted by atomic mass is 10.1. The average Bonchev–Trinajstić information content (AvgIpc) is 2.65. The number of carbonyl (C=O) groups excluding carboxylic acids is 1. The van der Waals surface area contributed by atoms with Gasteiger partial charge in [-0.25, -0.2) is 4.79 Å². The van der Waals surface area contributed by atoms with Crippen molar-refractivity contribution < 1.29 is 46.7 Å². The summed E-state index contributed by atoms with van der Waals surface area (Å²) in [5, 5.41) is 13.2. The fraction of sp³-hybridized carbons (Fsp3) is 0.235. The van der Waals surface area contributed by atoms with Gasteiger partial charge in [0.2, 0.25) is 0 Å². The minimum atomic E-state index is -5.03. The van der Waals surface area contributed by atoms with E-state index < -0.39 is 53.6 Å². The predicted molar refractivity (Wildman–Crippen MR) is 101 cm³/mol. The molecule has 0 fully saturated rings. The molecule has 0 saturated carbocycles. The molecule has 0 bridgehead atoms. The van der Waals surface area contributed by atoms with E-state index in [1.54, 1.807) is 6.92 Å². The molecule has 3 N–H and O–H groups in total. The molecule has 2 aromatic carbocycles. The second kappa shape index (κ2) is 9.33. The van der Waals surface area contributed by atoms with Gasteiger partial charge < -0.3 is 24.6 Å². The number of nitrogens with zero attached hydrogens (tertiary/aromatic N) is 1. The molecule has 0 atom stereocenters. The zero-order chi connectivity index (χ0) is 23.4.